The molecule has 1 rings (SSSR count). The minimum atomic E-state index is 0.738. The lowest BCUT2D eigenvalue weighted by Gasteiger charge is -2.03. The van der Waals surface area contributed by atoms with Crippen LogP contribution in [0.4, 0.5) is 0 Å². The molecule has 0 saturated heterocycles. The summed E-state index contributed by atoms with van der Waals surface area (Å²) in [4.78, 5) is 6.94. The van der Waals surface area contributed by atoms with Crippen molar-refractivity contribution in [2.75, 3.05) is 19.8 Å². The molecule has 0 spiro atoms. The standard InChI is InChI=1S/C10H17N3O/c1-2-3-5-14-6-4-11-7-10-8-12-9-13-10/h2,8-9,11H,1,3-7H2,(H,12,13). The first kappa shape index (κ1) is 10.9. The van der Waals surface area contributed by atoms with E-state index in [-0.39, 0.29) is 0 Å². The summed E-state index contributed by atoms with van der Waals surface area (Å²) >= 11 is 0. The Balaban J connectivity index is 1.87. The molecular weight excluding hydrogens is 178 g/mol. The van der Waals surface area contributed by atoms with Gasteiger partial charge in [0.15, 0.2) is 0 Å². The summed E-state index contributed by atoms with van der Waals surface area (Å²) in [5.41, 5.74) is 1.09. The maximum Gasteiger partial charge on any atom is 0.0922 e. The van der Waals surface area contributed by atoms with Crippen LogP contribution in [0.5, 0.6) is 0 Å². The Morgan fingerprint density at radius 3 is 3.21 bits per heavy atom. The summed E-state index contributed by atoms with van der Waals surface area (Å²) in [6, 6.07) is 0. The number of H-pyrrole nitrogens is 1. The molecule has 0 unspecified atom stereocenters. The van der Waals surface area contributed by atoms with Crippen LogP contribution in [0.15, 0.2) is 25.2 Å². The van der Waals surface area contributed by atoms with E-state index in [1.165, 1.54) is 0 Å². The van der Waals surface area contributed by atoms with E-state index in [2.05, 4.69) is 21.9 Å². The SMILES string of the molecule is C=CCCOCCNCc1cnc[nH]1. The lowest BCUT2D eigenvalue weighted by atomic mass is 10.4. The van der Waals surface area contributed by atoms with Gasteiger partial charge in [-0.1, -0.05) is 6.08 Å². The first-order valence-corrected chi connectivity index (χ1v) is 4.80. The number of nitrogens with zero attached hydrogens (tertiary/aromatic N) is 1. The van der Waals surface area contributed by atoms with Crippen molar-refractivity contribution in [3.05, 3.63) is 30.9 Å². The molecule has 0 aliphatic carbocycles. The highest BCUT2D eigenvalue weighted by Gasteiger charge is 1.92. The molecule has 1 heterocycles. The molecule has 0 aromatic carbocycles. The van der Waals surface area contributed by atoms with E-state index in [1.54, 1.807) is 6.33 Å². The van der Waals surface area contributed by atoms with Gasteiger partial charge in [0, 0.05) is 25.0 Å². The second-order valence-corrected chi connectivity index (χ2v) is 2.94. The average Bonchev–Trinajstić information content (AvgIpc) is 2.69. The first-order chi connectivity index (χ1) is 6.93. The van der Waals surface area contributed by atoms with Crippen LogP contribution < -0.4 is 5.32 Å². The van der Waals surface area contributed by atoms with Crippen LogP contribution in [0.25, 0.3) is 0 Å². The van der Waals surface area contributed by atoms with Crippen molar-refractivity contribution in [1.82, 2.24) is 15.3 Å². The monoisotopic (exact) mass is 195 g/mol. The number of aromatic amines is 1. The van der Waals surface area contributed by atoms with Crippen molar-refractivity contribution in [2.45, 2.75) is 13.0 Å². The van der Waals surface area contributed by atoms with Crippen LogP contribution in [0, 0.1) is 0 Å². The Morgan fingerprint density at radius 2 is 2.50 bits per heavy atom. The quantitative estimate of drug-likeness (QED) is 0.482. The summed E-state index contributed by atoms with van der Waals surface area (Å²) in [6.07, 6.45) is 6.27. The zero-order valence-electron chi connectivity index (χ0n) is 8.33. The van der Waals surface area contributed by atoms with Gasteiger partial charge < -0.3 is 15.0 Å². The molecule has 0 radical (unpaired) electrons. The molecule has 4 nitrogen and oxygen atoms in total. The smallest absolute Gasteiger partial charge is 0.0922 e. The van der Waals surface area contributed by atoms with E-state index >= 15 is 0 Å². The van der Waals surface area contributed by atoms with Crippen LogP contribution in [-0.4, -0.2) is 29.7 Å². The molecule has 14 heavy (non-hydrogen) atoms. The Morgan fingerprint density at radius 1 is 1.57 bits per heavy atom. The molecule has 78 valence electrons. The fraction of sp³-hybridized carbons (Fsp3) is 0.500. The average molecular weight is 195 g/mol. The number of imidazole rings is 1. The molecule has 1 aromatic rings. The Bertz CT molecular complexity index is 234. The summed E-state index contributed by atoms with van der Waals surface area (Å²) in [5, 5.41) is 3.24. The number of hydrogen-bond donors (Lipinski definition) is 2. The third-order valence-electron chi connectivity index (χ3n) is 1.76. The van der Waals surface area contributed by atoms with Gasteiger partial charge in [0.2, 0.25) is 0 Å². The first-order valence-electron chi connectivity index (χ1n) is 4.80. The zero-order chi connectivity index (χ0) is 10.1. The predicted molar refractivity (Wildman–Crippen MR) is 55.9 cm³/mol. The van der Waals surface area contributed by atoms with Crippen LogP contribution in [0.2, 0.25) is 0 Å². The van der Waals surface area contributed by atoms with Gasteiger partial charge in [0.1, 0.15) is 0 Å². The van der Waals surface area contributed by atoms with E-state index in [1.807, 2.05) is 12.3 Å². The summed E-state index contributed by atoms with van der Waals surface area (Å²) in [5.74, 6) is 0. The molecule has 4 heteroatoms. The zero-order valence-corrected chi connectivity index (χ0v) is 8.33. The molecule has 1 aromatic heterocycles. The van der Waals surface area contributed by atoms with Gasteiger partial charge in [-0.05, 0) is 6.42 Å². The fourth-order valence-electron chi connectivity index (χ4n) is 1.02. The molecule has 0 amide bonds. The summed E-state index contributed by atoms with van der Waals surface area (Å²) in [7, 11) is 0. The molecule has 0 aliphatic rings. The number of nitrogens with one attached hydrogen (secondary N) is 2. The van der Waals surface area contributed by atoms with Gasteiger partial charge in [0.25, 0.3) is 0 Å². The van der Waals surface area contributed by atoms with Gasteiger partial charge in [-0.2, -0.15) is 0 Å². The Kier molecular flexibility index (Phi) is 5.70. The fourth-order valence-corrected chi connectivity index (χ4v) is 1.02. The van der Waals surface area contributed by atoms with Crippen molar-refractivity contribution in [1.29, 1.82) is 0 Å². The summed E-state index contributed by atoms with van der Waals surface area (Å²) in [6.45, 7) is 6.79. The van der Waals surface area contributed by atoms with Gasteiger partial charge in [-0.3, -0.25) is 0 Å². The Labute approximate surface area is 84.4 Å². The molecule has 0 bridgehead atoms. The maximum atomic E-state index is 5.33. The minimum Gasteiger partial charge on any atom is -0.380 e. The third-order valence-corrected chi connectivity index (χ3v) is 1.76. The van der Waals surface area contributed by atoms with Crippen LogP contribution >= 0.6 is 0 Å². The van der Waals surface area contributed by atoms with E-state index in [0.29, 0.717) is 0 Å². The molecule has 0 saturated carbocycles. The molecule has 0 fully saturated rings. The van der Waals surface area contributed by atoms with Crippen molar-refractivity contribution >= 4 is 0 Å². The van der Waals surface area contributed by atoms with E-state index < -0.39 is 0 Å². The predicted octanol–water partition coefficient (Wildman–Crippen LogP) is 1.09. The van der Waals surface area contributed by atoms with Crippen molar-refractivity contribution < 1.29 is 4.74 Å². The highest BCUT2D eigenvalue weighted by atomic mass is 16.5. The van der Waals surface area contributed by atoms with Crippen molar-refractivity contribution in [3.63, 3.8) is 0 Å². The Hall–Kier alpha value is -1.13. The van der Waals surface area contributed by atoms with Crippen molar-refractivity contribution in [2.24, 2.45) is 0 Å². The second kappa shape index (κ2) is 7.29. The van der Waals surface area contributed by atoms with Gasteiger partial charge in [-0.15, -0.1) is 6.58 Å². The normalized spacial score (nSPS) is 10.3. The molecule has 2 N–H and O–H groups in total. The minimum absolute atomic E-state index is 0.738. The van der Waals surface area contributed by atoms with Gasteiger partial charge in [0.05, 0.1) is 19.5 Å². The van der Waals surface area contributed by atoms with E-state index in [4.69, 9.17) is 4.74 Å². The van der Waals surface area contributed by atoms with Crippen molar-refractivity contribution in [3.8, 4) is 0 Å². The maximum absolute atomic E-state index is 5.33. The summed E-state index contributed by atoms with van der Waals surface area (Å²) < 4.78 is 5.33. The molecular formula is C10H17N3O. The highest BCUT2D eigenvalue weighted by Crippen LogP contribution is 1.88. The van der Waals surface area contributed by atoms with E-state index in [0.717, 1.165) is 38.4 Å². The number of aromatic nitrogens is 2. The largest absolute Gasteiger partial charge is 0.380 e. The molecule has 0 atom stereocenters. The van der Waals surface area contributed by atoms with Crippen LogP contribution in [-0.2, 0) is 11.3 Å². The lowest BCUT2D eigenvalue weighted by Crippen LogP contribution is -2.19. The van der Waals surface area contributed by atoms with Gasteiger partial charge in [-0.25, -0.2) is 4.98 Å². The lowest BCUT2D eigenvalue weighted by molar-refractivity contribution is 0.140. The topological polar surface area (TPSA) is 49.9 Å². The highest BCUT2D eigenvalue weighted by molar-refractivity contribution is 4.92. The van der Waals surface area contributed by atoms with Gasteiger partial charge >= 0.3 is 0 Å². The third kappa shape index (κ3) is 4.79. The molecule has 0 aliphatic heterocycles. The number of ether oxygens (including phenoxy) is 1. The van der Waals surface area contributed by atoms with E-state index in [9.17, 15) is 0 Å². The number of rotatable bonds is 8. The number of hydrogen-bond acceptors (Lipinski definition) is 3. The van der Waals surface area contributed by atoms with Crippen LogP contribution in [0.1, 0.15) is 12.1 Å². The van der Waals surface area contributed by atoms with Crippen LogP contribution in [0.3, 0.4) is 0 Å². The second-order valence-electron chi connectivity index (χ2n) is 2.94.